The first-order valence-electron chi connectivity index (χ1n) is 7.26. The molecule has 0 aliphatic carbocycles. The molecule has 0 atom stereocenters. The van der Waals surface area contributed by atoms with Gasteiger partial charge in [-0.05, 0) is 42.0 Å². The first-order valence-corrected chi connectivity index (χ1v) is 7.64. The van der Waals surface area contributed by atoms with E-state index in [9.17, 15) is 19.2 Å². The van der Waals surface area contributed by atoms with E-state index in [1.54, 1.807) is 24.3 Å². The summed E-state index contributed by atoms with van der Waals surface area (Å²) in [5.41, 5.74) is 1.32. The molecule has 0 saturated carbocycles. The van der Waals surface area contributed by atoms with Crippen LogP contribution in [0.1, 0.15) is 21.8 Å². The summed E-state index contributed by atoms with van der Waals surface area (Å²) in [4.78, 5) is 46.9. The van der Waals surface area contributed by atoms with Crippen molar-refractivity contribution < 1.29 is 19.2 Å². The van der Waals surface area contributed by atoms with Crippen molar-refractivity contribution in [2.75, 3.05) is 5.32 Å². The molecule has 25 heavy (non-hydrogen) atoms. The summed E-state index contributed by atoms with van der Waals surface area (Å²) >= 11 is 5.79. The second-order valence-electron chi connectivity index (χ2n) is 5.32. The first kappa shape index (κ1) is 16.7. The lowest BCUT2D eigenvalue weighted by Gasteiger charge is -2.20. The lowest BCUT2D eigenvalue weighted by Crippen LogP contribution is -2.54. The van der Waals surface area contributed by atoms with Gasteiger partial charge in [0, 0.05) is 16.3 Å². The molecule has 1 aliphatic heterocycles. The smallest absolute Gasteiger partial charge is 0.322 e. The van der Waals surface area contributed by atoms with Crippen LogP contribution in [-0.4, -0.2) is 23.8 Å². The van der Waals surface area contributed by atoms with E-state index in [4.69, 9.17) is 11.6 Å². The Labute approximate surface area is 147 Å². The number of hydrogen-bond acceptors (Lipinski definition) is 4. The highest BCUT2D eigenvalue weighted by atomic mass is 35.5. The molecular formula is C17H12ClN3O4. The van der Waals surface area contributed by atoms with E-state index >= 15 is 0 Å². The fourth-order valence-electron chi connectivity index (χ4n) is 2.38. The van der Waals surface area contributed by atoms with E-state index < -0.39 is 23.8 Å². The second-order valence-corrected chi connectivity index (χ2v) is 5.76. The van der Waals surface area contributed by atoms with Crippen LogP contribution in [0.4, 0.5) is 10.5 Å². The third-order valence-corrected chi connectivity index (χ3v) is 3.86. The number of benzene rings is 2. The number of imide groups is 2. The Bertz CT molecular complexity index is 842. The standard InChI is InChI=1S/C17H12ClN3O4/c18-11-5-7-12(8-6-11)19-14(22)10-3-1-9(2-4-10)13-15(23)20-17(25)21-16(13)24/h1-8,13H,(H,19,22)(H2,20,21,23,24,25). The van der Waals surface area contributed by atoms with Gasteiger partial charge in [0.25, 0.3) is 5.91 Å². The van der Waals surface area contributed by atoms with Crippen molar-refractivity contribution in [3.63, 3.8) is 0 Å². The highest BCUT2D eigenvalue weighted by Crippen LogP contribution is 2.20. The molecule has 126 valence electrons. The average Bonchev–Trinajstić information content (AvgIpc) is 2.56. The van der Waals surface area contributed by atoms with E-state index in [0.29, 0.717) is 21.8 Å². The van der Waals surface area contributed by atoms with Crippen molar-refractivity contribution in [3.05, 3.63) is 64.7 Å². The Morgan fingerprint density at radius 3 is 2.00 bits per heavy atom. The van der Waals surface area contributed by atoms with Crippen LogP contribution in [0.25, 0.3) is 0 Å². The lowest BCUT2D eigenvalue weighted by atomic mass is 9.95. The summed E-state index contributed by atoms with van der Waals surface area (Å²) in [5, 5.41) is 7.33. The third-order valence-electron chi connectivity index (χ3n) is 3.61. The highest BCUT2D eigenvalue weighted by Gasteiger charge is 2.35. The van der Waals surface area contributed by atoms with E-state index in [2.05, 4.69) is 5.32 Å². The maximum Gasteiger partial charge on any atom is 0.328 e. The maximum atomic E-state index is 12.2. The Hall–Kier alpha value is -3.19. The minimum absolute atomic E-state index is 0.346. The Morgan fingerprint density at radius 2 is 1.44 bits per heavy atom. The van der Waals surface area contributed by atoms with Crippen molar-refractivity contribution in [3.8, 4) is 0 Å². The van der Waals surface area contributed by atoms with Crippen LogP contribution in [0, 0.1) is 0 Å². The molecule has 5 amide bonds. The van der Waals surface area contributed by atoms with E-state index in [-0.39, 0.29) is 5.91 Å². The number of rotatable bonds is 3. The molecule has 3 rings (SSSR count). The molecule has 0 bridgehead atoms. The van der Waals surface area contributed by atoms with Gasteiger partial charge in [0.05, 0.1) is 0 Å². The number of carbonyl (C=O) groups is 4. The van der Waals surface area contributed by atoms with Gasteiger partial charge < -0.3 is 5.32 Å². The van der Waals surface area contributed by atoms with Gasteiger partial charge in [-0.3, -0.25) is 25.0 Å². The molecule has 3 N–H and O–H groups in total. The second kappa shape index (κ2) is 6.74. The Balaban J connectivity index is 1.74. The van der Waals surface area contributed by atoms with Gasteiger partial charge in [0.15, 0.2) is 0 Å². The zero-order valence-electron chi connectivity index (χ0n) is 12.7. The Morgan fingerprint density at radius 1 is 0.880 bits per heavy atom. The summed E-state index contributed by atoms with van der Waals surface area (Å²) in [5.74, 6) is -2.88. The van der Waals surface area contributed by atoms with Gasteiger partial charge in [-0.15, -0.1) is 0 Å². The third kappa shape index (κ3) is 3.67. The highest BCUT2D eigenvalue weighted by molar-refractivity contribution is 6.30. The minimum Gasteiger partial charge on any atom is -0.322 e. The average molecular weight is 358 g/mol. The molecule has 2 aromatic carbocycles. The first-order chi connectivity index (χ1) is 11.9. The molecule has 1 aliphatic rings. The summed E-state index contributed by atoms with van der Waals surface area (Å²) in [6, 6.07) is 11.8. The number of barbiturate groups is 1. The van der Waals surface area contributed by atoms with Gasteiger partial charge in [-0.2, -0.15) is 0 Å². The molecule has 2 aromatic rings. The summed E-state index contributed by atoms with van der Waals surface area (Å²) in [6.07, 6.45) is 0. The number of urea groups is 1. The molecule has 7 nitrogen and oxygen atoms in total. The normalized spacial score (nSPS) is 14.7. The molecule has 1 fully saturated rings. The quantitative estimate of drug-likeness (QED) is 0.731. The van der Waals surface area contributed by atoms with Crippen molar-refractivity contribution >= 4 is 41.0 Å². The van der Waals surface area contributed by atoms with Crippen molar-refractivity contribution in [1.82, 2.24) is 10.6 Å². The van der Waals surface area contributed by atoms with E-state index in [1.165, 1.54) is 24.3 Å². The molecule has 1 heterocycles. The predicted molar refractivity (Wildman–Crippen MR) is 90.3 cm³/mol. The van der Waals surface area contributed by atoms with Crippen LogP contribution in [0.15, 0.2) is 48.5 Å². The largest absolute Gasteiger partial charge is 0.328 e. The summed E-state index contributed by atoms with van der Waals surface area (Å²) in [6.45, 7) is 0. The minimum atomic E-state index is -1.13. The zero-order valence-corrected chi connectivity index (χ0v) is 13.5. The van der Waals surface area contributed by atoms with Crippen LogP contribution in [0.3, 0.4) is 0 Å². The molecule has 8 heteroatoms. The lowest BCUT2D eigenvalue weighted by molar-refractivity contribution is -0.132. The van der Waals surface area contributed by atoms with E-state index in [1.807, 2.05) is 10.6 Å². The SMILES string of the molecule is O=C1NC(=O)C(c2ccc(C(=O)Nc3ccc(Cl)cc3)cc2)C(=O)N1. The summed E-state index contributed by atoms with van der Waals surface area (Å²) < 4.78 is 0. The van der Waals surface area contributed by atoms with Gasteiger partial charge in [0.2, 0.25) is 11.8 Å². The monoisotopic (exact) mass is 357 g/mol. The number of hydrogen-bond donors (Lipinski definition) is 3. The van der Waals surface area contributed by atoms with Crippen LogP contribution in [-0.2, 0) is 9.59 Å². The van der Waals surface area contributed by atoms with Crippen LogP contribution >= 0.6 is 11.6 Å². The van der Waals surface area contributed by atoms with Gasteiger partial charge in [0.1, 0.15) is 5.92 Å². The molecule has 0 unspecified atom stereocenters. The number of halogens is 1. The molecule has 1 saturated heterocycles. The predicted octanol–water partition coefficient (Wildman–Crippen LogP) is 2.04. The molecule has 0 aromatic heterocycles. The molecule has 0 spiro atoms. The van der Waals surface area contributed by atoms with Gasteiger partial charge in [-0.25, -0.2) is 4.79 Å². The molecular weight excluding hydrogens is 346 g/mol. The number of nitrogens with one attached hydrogen (secondary N) is 3. The van der Waals surface area contributed by atoms with Crippen molar-refractivity contribution in [1.29, 1.82) is 0 Å². The van der Waals surface area contributed by atoms with Crippen LogP contribution < -0.4 is 16.0 Å². The molecule has 0 radical (unpaired) electrons. The van der Waals surface area contributed by atoms with Gasteiger partial charge in [-0.1, -0.05) is 23.7 Å². The van der Waals surface area contributed by atoms with Crippen LogP contribution in [0.5, 0.6) is 0 Å². The topological polar surface area (TPSA) is 104 Å². The summed E-state index contributed by atoms with van der Waals surface area (Å²) in [7, 11) is 0. The fraction of sp³-hybridized carbons (Fsp3) is 0.0588. The number of anilines is 1. The van der Waals surface area contributed by atoms with Crippen molar-refractivity contribution in [2.24, 2.45) is 0 Å². The van der Waals surface area contributed by atoms with Crippen molar-refractivity contribution in [2.45, 2.75) is 5.92 Å². The van der Waals surface area contributed by atoms with Crippen LogP contribution in [0.2, 0.25) is 5.02 Å². The maximum absolute atomic E-state index is 12.2. The number of carbonyl (C=O) groups excluding carboxylic acids is 4. The zero-order chi connectivity index (χ0) is 18.0. The fourth-order valence-corrected chi connectivity index (χ4v) is 2.51. The van der Waals surface area contributed by atoms with E-state index in [0.717, 1.165) is 0 Å². The van der Waals surface area contributed by atoms with Gasteiger partial charge >= 0.3 is 6.03 Å². The number of amides is 5. The Kier molecular flexibility index (Phi) is 4.49.